The first-order valence-corrected chi connectivity index (χ1v) is 13.8. The molecule has 0 bridgehead atoms. The molecule has 202 valence electrons. The Morgan fingerprint density at radius 3 is 1.93 bits per heavy atom. The molecule has 40 heavy (non-hydrogen) atoms. The second kappa shape index (κ2) is 10.7. The van der Waals surface area contributed by atoms with Crippen LogP contribution in [-0.4, -0.2) is 48.0 Å². The van der Waals surface area contributed by atoms with Gasteiger partial charge in [0, 0.05) is 35.5 Å². The molecule has 0 radical (unpaired) electrons. The number of methoxy groups -OCH3 is 1. The molecule has 1 N–H and O–H groups in total. The summed E-state index contributed by atoms with van der Waals surface area (Å²) in [4.78, 5) is 28.7. The highest BCUT2D eigenvalue weighted by atomic mass is 16.5. The van der Waals surface area contributed by atoms with Gasteiger partial charge in [-0.05, 0) is 35.4 Å². The van der Waals surface area contributed by atoms with Crippen molar-refractivity contribution in [2.24, 2.45) is 11.8 Å². The molecule has 0 spiro atoms. The highest BCUT2D eigenvalue weighted by molar-refractivity contribution is 6.42. The zero-order valence-electron chi connectivity index (χ0n) is 22.5. The van der Waals surface area contributed by atoms with Crippen molar-refractivity contribution in [3.63, 3.8) is 0 Å². The molecule has 1 heterocycles. The van der Waals surface area contributed by atoms with E-state index in [9.17, 15) is 14.7 Å². The molecule has 1 saturated carbocycles. The van der Waals surface area contributed by atoms with Gasteiger partial charge in [0.05, 0.1) is 13.2 Å². The molecule has 4 atom stereocenters. The van der Waals surface area contributed by atoms with Crippen LogP contribution in [0.5, 0.6) is 5.75 Å². The smallest absolute Gasteiger partial charge is 0.294 e. The standard InChI is InChI=1S/C35H33NO4/c1-40-31-20-12-11-19-27(31)32-28-22-36(34(39)33(38)24-13-5-2-6-14-24)23-29(28)35(21-30(32)37,25-15-7-3-8-16-25)26-17-9-4-10-18-26/h2-20,28-30,32,37H,21-23H2,1H3/t28?,29?,30-,32?/m0/s1. The number of benzene rings is 4. The monoisotopic (exact) mass is 531 g/mol. The normalized spacial score (nSPS) is 23.3. The second-order valence-electron chi connectivity index (χ2n) is 10.9. The van der Waals surface area contributed by atoms with Gasteiger partial charge < -0.3 is 14.7 Å². The van der Waals surface area contributed by atoms with E-state index in [1.165, 1.54) is 0 Å². The average molecular weight is 532 g/mol. The lowest BCUT2D eigenvalue weighted by atomic mass is 9.52. The van der Waals surface area contributed by atoms with Gasteiger partial charge in [0.15, 0.2) is 0 Å². The Morgan fingerprint density at radius 2 is 1.32 bits per heavy atom. The first kappa shape index (κ1) is 26.0. The van der Waals surface area contributed by atoms with Crippen LogP contribution in [0.1, 0.15) is 39.4 Å². The summed E-state index contributed by atoms with van der Waals surface area (Å²) in [6, 6.07) is 37.2. The molecule has 5 heteroatoms. The Labute approximate surface area is 235 Å². The van der Waals surface area contributed by atoms with Crippen molar-refractivity contribution >= 4 is 11.7 Å². The number of ketones is 1. The number of aliphatic hydroxyl groups excluding tert-OH is 1. The number of hydrogen-bond donors (Lipinski definition) is 1. The Hall–Kier alpha value is -4.22. The lowest BCUT2D eigenvalue weighted by Gasteiger charge is -2.51. The number of hydrogen-bond acceptors (Lipinski definition) is 4. The van der Waals surface area contributed by atoms with Crippen molar-refractivity contribution in [1.82, 2.24) is 4.90 Å². The maximum absolute atomic E-state index is 13.7. The van der Waals surface area contributed by atoms with E-state index in [2.05, 4.69) is 24.3 Å². The molecule has 5 nitrogen and oxygen atoms in total. The van der Waals surface area contributed by atoms with Crippen LogP contribution in [0.4, 0.5) is 0 Å². The van der Waals surface area contributed by atoms with Gasteiger partial charge in [0.2, 0.25) is 5.78 Å². The minimum Gasteiger partial charge on any atom is -0.496 e. The van der Waals surface area contributed by atoms with Crippen LogP contribution in [0.2, 0.25) is 0 Å². The van der Waals surface area contributed by atoms with Gasteiger partial charge in [0.1, 0.15) is 5.75 Å². The van der Waals surface area contributed by atoms with Crippen molar-refractivity contribution < 1.29 is 19.4 Å². The molecule has 1 amide bonds. The van der Waals surface area contributed by atoms with Crippen LogP contribution in [0, 0.1) is 11.8 Å². The summed E-state index contributed by atoms with van der Waals surface area (Å²) in [6.07, 6.45) is -0.211. The molecule has 6 rings (SSSR count). The van der Waals surface area contributed by atoms with E-state index in [4.69, 9.17) is 4.74 Å². The summed E-state index contributed by atoms with van der Waals surface area (Å²) in [5.41, 5.74) is 3.00. The van der Waals surface area contributed by atoms with Crippen LogP contribution in [0.15, 0.2) is 115 Å². The van der Waals surface area contributed by atoms with Crippen LogP contribution in [0.3, 0.4) is 0 Å². The van der Waals surface area contributed by atoms with E-state index in [1.54, 1.807) is 36.3 Å². The van der Waals surface area contributed by atoms with E-state index in [1.807, 2.05) is 66.7 Å². The van der Waals surface area contributed by atoms with Gasteiger partial charge in [-0.2, -0.15) is 0 Å². The summed E-state index contributed by atoms with van der Waals surface area (Å²) < 4.78 is 5.74. The zero-order chi connectivity index (χ0) is 27.7. The molecule has 1 aliphatic carbocycles. The van der Waals surface area contributed by atoms with Crippen LogP contribution in [0.25, 0.3) is 0 Å². The van der Waals surface area contributed by atoms with Gasteiger partial charge >= 0.3 is 0 Å². The molecular formula is C35H33NO4. The maximum atomic E-state index is 13.7. The van der Waals surface area contributed by atoms with Crippen LogP contribution < -0.4 is 4.74 Å². The van der Waals surface area contributed by atoms with Crippen molar-refractivity contribution in [1.29, 1.82) is 0 Å². The molecule has 4 aromatic rings. The van der Waals surface area contributed by atoms with Gasteiger partial charge in [-0.3, -0.25) is 9.59 Å². The molecule has 2 fully saturated rings. The number of fused-ring (bicyclic) bond motifs is 1. The van der Waals surface area contributed by atoms with Gasteiger partial charge in [-0.15, -0.1) is 0 Å². The third kappa shape index (κ3) is 4.31. The van der Waals surface area contributed by atoms with Crippen LogP contribution in [-0.2, 0) is 10.2 Å². The number of nitrogens with zero attached hydrogens (tertiary/aromatic N) is 1. The minimum atomic E-state index is -0.696. The number of ether oxygens (including phenoxy) is 1. The Morgan fingerprint density at radius 1 is 0.775 bits per heavy atom. The first-order valence-electron chi connectivity index (χ1n) is 13.8. The number of amides is 1. The zero-order valence-corrected chi connectivity index (χ0v) is 22.5. The Bertz CT molecular complexity index is 1450. The SMILES string of the molecule is COc1ccccc1C1C2CN(C(=O)C(=O)c3ccccc3)CC2C(c2ccccc2)(c2ccccc2)C[C@@H]1O. The largest absolute Gasteiger partial charge is 0.496 e. The van der Waals surface area contributed by atoms with E-state index >= 15 is 0 Å². The molecule has 3 unspecified atom stereocenters. The van der Waals surface area contributed by atoms with Crippen LogP contribution >= 0.6 is 0 Å². The predicted molar refractivity (Wildman–Crippen MR) is 154 cm³/mol. The molecular weight excluding hydrogens is 498 g/mol. The lowest BCUT2D eigenvalue weighted by molar-refractivity contribution is -0.125. The van der Waals surface area contributed by atoms with E-state index in [0.717, 1.165) is 22.4 Å². The highest BCUT2D eigenvalue weighted by Gasteiger charge is 2.59. The number of carbonyl (C=O) groups is 2. The first-order chi connectivity index (χ1) is 19.5. The summed E-state index contributed by atoms with van der Waals surface area (Å²) in [5.74, 6) is -0.674. The lowest BCUT2D eigenvalue weighted by Crippen LogP contribution is -2.51. The quantitative estimate of drug-likeness (QED) is 0.264. The number of likely N-dealkylation sites (tertiary alicyclic amines) is 1. The summed E-state index contributed by atoms with van der Waals surface area (Å²) >= 11 is 0. The Kier molecular flexibility index (Phi) is 6.99. The topological polar surface area (TPSA) is 66.8 Å². The van der Waals surface area contributed by atoms with Crippen molar-refractivity contribution in [3.05, 3.63) is 138 Å². The number of carbonyl (C=O) groups excluding carboxylic acids is 2. The predicted octanol–water partition coefficient (Wildman–Crippen LogP) is 5.49. The highest BCUT2D eigenvalue weighted by Crippen LogP contribution is 2.58. The fraction of sp³-hybridized carbons (Fsp3) is 0.257. The second-order valence-corrected chi connectivity index (χ2v) is 10.9. The van der Waals surface area contributed by atoms with Crippen molar-refractivity contribution in [2.75, 3.05) is 20.2 Å². The fourth-order valence-electron chi connectivity index (χ4n) is 7.31. The molecule has 2 aliphatic rings. The third-order valence-electron chi connectivity index (χ3n) is 9.00. The van der Waals surface area contributed by atoms with Crippen molar-refractivity contribution in [3.8, 4) is 5.75 Å². The number of para-hydroxylation sites is 1. The summed E-state index contributed by atoms with van der Waals surface area (Å²) in [7, 11) is 1.65. The summed E-state index contributed by atoms with van der Waals surface area (Å²) in [6.45, 7) is 0.799. The van der Waals surface area contributed by atoms with Gasteiger partial charge in [-0.25, -0.2) is 0 Å². The molecule has 1 aliphatic heterocycles. The van der Waals surface area contributed by atoms with E-state index < -0.39 is 23.2 Å². The molecule has 1 saturated heterocycles. The summed E-state index contributed by atoms with van der Waals surface area (Å²) in [5, 5.41) is 12.0. The van der Waals surface area contributed by atoms with Gasteiger partial charge in [0.25, 0.3) is 5.91 Å². The number of rotatable bonds is 6. The Balaban J connectivity index is 1.50. The van der Waals surface area contributed by atoms with E-state index in [0.29, 0.717) is 25.1 Å². The average Bonchev–Trinajstić information content (AvgIpc) is 3.47. The molecule has 4 aromatic carbocycles. The maximum Gasteiger partial charge on any atom is 0.294 e. The number of aliphatic hydroxyl groups is 1. The van der Waals surface area contributed by atoms with Gasteiger partial charge in [-0.1, -0.05) is 109 Å². The third-order valence-corrected chi connectivity index (χ3v) is 9.00. The van der Waals surface area contributed by atoms with E-state index in [-0.39, 0.29) is 17.8 Å². The minimum absolute atomic E-state index is 0.0388. The molecule has 0 aromatic heterocycles. The fourth-order valence-corrected chi connectivity index (χ4v) is 7.31. The number of Topliss-reactive ketones (excluding diaryl/α,β-unsaturated/α-hetero) is 1. The van der Waals surface area contributed by atoms with Crippen molar-refractivity contribution in [2.45, 2.75) is 23.9 Å².